The van der Waals surface area contributed by atoms with Crippen LogP contribution in [-0.2, 0) is 14.6 Å². The lowest BCUT2D eigenvalue weighted by atomic mass is 10.2. The highest BCUT2D eigenvalue weighted by Crippen LogP contribution is 2.18. The summed E-state index contributed by atoms with van der Waals surface area (Å²) in [5.41, 5.74) is 0.166. The molecule has 22 heavy (non-hydrogen) atoms. The second-order valence-electron chi connectivity index (χ2n) is 5.30. The summed E-state index contributed by atoms with van der Waals surface area (Å²) in [5, 5.41) is 2.48. The number of rotatable bonds is 5. The summed E-state index contributed by atoms with van der Waals surface area (Å²) < 4.78 is 48.9. The highest BCUT2D eigenvalue weighted by atomic mass is 32.2. The largest absolute Gasteiger partial charge is 0.325 e. The van der Waals surface area contributed by atoms with Crippen LogP contribution in [0.25, 0.3) is 0 Å². The Labute approximate surface area is 128 Å². The minimum absolute atomic E-state index is 0.00961. The zero-order chi connectivity index (χ0) is 16.3. The fraction of sp³-hybridized carbons (Fsp3) is 0.500. The van der Waals surface area contributed by atoms with Crippen LogP contribution < -0.4 is 5.32 Å². The molecule has 1 unspecified atom stereocenters. The number of anilines is 1. The van der Waals surface area contributed by atoms with Crippen molar-refractivity contribution in [1.82, 2.24) is 4.90 Å². The molecule has 0 aromatic heterocycles. The summed E-state index contributed by atoms with van der Waals surface area (Å²) >= 11 is 0. The first-order valence-electron chi connectivity index (χ1n) is 7.00. The van der Waals surface area contributed by atoms with Crippen LogP contribution in [0.1, 0.15) is 13.3 Å². The van der Waals surface area contributed by atoms with Gasteiger partial charge in [-0.15, -0.1) is 0 Å². The highest BCUT2D eigenvalue weighted by molar-refractivity contribution is 7.91. The third-order valence-corrected chi connectivity index (χ3v) is 5.43. The van der Waals surface area contributed by atoms with Gasteiger partial charge in [0.15, 0.2) is 21.5 Å². The van der Waals surface area contributed by atoms with E-state index in [4.69, 9.17) is 0 Å². The van der Waals surface area contributed by atoms with E-state index in [1.54, 1.807) is 4.90 Å². The maximum atomic E-state index is 13.1. The van der Waals surface area contributed by atoms with Crippen LogP contribution in [0.2, 0.25) is 0 Å². The topological polar surface area (TPSA) is 66.5 Å². The molecule has 8 heteroatoms. The number of nitrogens with one attached hydrogen (secondary N) is 1. The van der Waals surface area contributed by atoms with Gasteiger partial charge in [0.25, 0.3) is 0 Å². The molecule has 1 saturated heterocycles. The quantitative estimate of drug-likeness (QED) is 0.885. The third-order valence-electron chi connectivity index (χ3n) is 3.68. The molecule has 5 nitrogen and oxygen atoms in total. The van der Waals surface area contributed by atoms with Gasteiger partial charge in [0, 0.05) is 17.8 Å². The zero-order valence-electron chi connectivity index (χ0n) is 12.2. The average Bonchev–Trinajstić information content (AvgIpc) is 2.80. The number of amides is 1. The van der Waals surface area contributed by atoms with Gasteiger partial charge in [0.1, 0.15) is 0 Å². The lowest BCUT2D eigenvalue weighted by Crippen LogP contribution is -2.41. The van der Waals surface area contributed by atoms with Gasteiger partial charge in [-0.25, -0.2) is 17.2 Å². The van der Waals surface area contributed by atoms with Crippen molar-refractivity contribution >= 4 is 21.4 Å². The van der Waals surface area contributed by atoms with Crippen LogP contribution in [0.3, 0.4) is 0 Å². The number of benzene rings is 1. The van der Waals surface area contributed by atoms with Gasteiger partial charge < -0.3 is 5.32 Å². The molecule has 1 atom stereocenters. The maximum absolute atomic E-state index is 13.1. The third kappa shape index (κ3) is 4.23. The molecule has 0 bridgehead atoms. The van der Waals surface area contributed by atoms with Crippen molar-refractivity contribution in [3.05, 3.63) is 29.8 Å². The molecule has 1 aromatic rings. The van der Waals surface area contributed by atoms with Crippen molar-refractivity contribution in [2.24, 2.45) is 0 Å². The van der Waals surface area contributed by atoms with E-state index in [0.29, 0.717) is 13.0 Å². The van der Waals surface area contributed by atoms with E-state index in [0.717, 1.165) is 12.1 Å². The van der Waals surface area contributed by atoms with E-state index >= 15 is 0 Å². The highest BCUT2D eigenvalue weighted by Gasteiger charge is 2.32. The Morgan fingerprint density at radius 1 is 1.36 bits per heavy atom. The van der Waals surface area contributed by atoms with Crippen LogP contribution >= 0.6 is 0 Å². The SMILES string of the molecule is CCN(CC(=O)Nc1ccc(F)c(F)c1)C1CCS(=O)(=O)C1. The fourth-order valence-corrected chi connectivity index (χ4v) is 4.28. The molecule has 0 saturated carbocycles. The van der Waals surface area contributed by atoms with Gasteiger partial charge in [0.2, 0.25) is 5.91 Å². The minimum atomic E-state index is -3.02. The number of likely N-dealkylation sites (N-methyl/N-ethyl adjacent to an activating group) is 1. The summed E-state index contributed by atoms with van der Waals surface area (Å²) in [7, 11) is -3.02. The molecule has 0 radical (unpaired) electrons. The smallest absolute Gasteiger partial charge is 0.238 e. The van der Waals surface area contributed by atoms with Crippen LogP contribution in [0.15, 0.2) is 18.2 Å². The number of sulfone groups is 1. The molecule has 122 valence electrons. The molecular weight excluding hydrogens is 314 g/mol. The normalized spacial score (nSPS) is 20.3. The summed E-state index contributed by atoms with van der Waals surface area (Å²) in [6, 6.07) is 2.94. The van der Waals surface area contributed by atoms with E-state index in [1.807, 2.05) is 6.92 Å². The van der Waals surface area contributed by atoms with Crippen molar-refractivity contribution in [1.29, 1.82) is 0 Å². The summed E-state index contributed by atoms with van der Waals surface area (Å²) in [4.78, 5) is 13.8. The number of halogens is 2. The predicted molar refractivity (Wildman–Crippen MR) is 79.3 cm³/mol. The standard InChI is InChI=1S/C14H18F2N2O3S/c1-2-18(11-5-6-22(20,21)9-11)8-14(19)17-10-3-4-12(15)13(16)7-10/h3-4,7,11H,2,5-6,8-9H2,1H3,(H,17,19). The number of carbonyl (C=O) groups is 1. The Morgan fingerprint density at radius 2 is 2.09 bits per heavy atom. The first-order valence-corrected chi connectivity index (χ1v) is 8.82. The predicted octanol–water partition coefficient (Wildman–Crippen LogP) is 1.41. The molecule has 0 aliphatic carbocycles. The lowest BCUT2D eigenvalue weighted by Gasteiger charge is -2.25. The zero-order valence-corrected chi connectivity index (χ0v) is 13.0. The van der Waals surface area contributed by atoms with E-state index in [2.05, 4.69) is 5.32 Å². The molecule has 1 aliphatic rings. The van der Waals surface area contributed by atoms with Crippen molar-refractivity contribution in [3.63, 3.8) is 0 Å². The Kier molecular flexibility index (Phi) is 5.12. The first-order chi connectivity index (χ1) is 10.3. The van der Waals surface area contributed by atoms with E-state index in [-0.39, 0.29) is 29.8 Å². The van der Waals surface area contributed by atoms with E-state index in [1.165, 1.54) is 6.07 Å². The van der Waals surface area contributed by atoms with E-state index < -0.39 is 27.4 Å². The first kappa shape index (κ1) is 16.8. The number of nitrogens with zero attached hydrogens (tertiary/aromatic N) is 1. The van der Waals surface area contributed by atoms with Crippen molar-refractivity contribution in [2.45, 2.75) is 19.4 Å². The Balaban J connectivity index is 1.96. The van der Waals surface area contributed by atoms with Crippen molar-refractivity contribution < 1.29 is 22.0 Å². The van der Waals surface area contributed by atoms with Crippen LogP contribution in [0.5, 0.6) is 0 Å². The molecule has 1 fully saturated rings. The van der Waals surface area contributed by atoms with Gasteiger partial charge in [-0.3, -0.25) is 9.69 Å². The Bertz CT molecular complexity index is 664. The number of hydrogen-bond donors (Lipinski definition) is 1. The van der Waals surface area contributed by atoms with Crippen molar-refractivity contribution in [3.8, 4) is 0 Å². The monoisotopic (exact) mass is 332 g/mol. The fourth-order valence-electron chi connectivity index (χ4n) is 2.52. The minimum Gasteiger partial charge on any atom is -0.325 e. The lowest BCUT2D eigenvalue weighted by molar-refractivity contribution is -0.117. The molecule has 2 rings (SSSR count). The van der Waals surface area contributed by atoms with Crippen LogP contribution in [0.4, 0.5) is 14.5 Å². The molecule has 1 heterocycles. The maximum Gasteiger partial charge on any atom is 0.238 e. The van der Waals surface area contributed by atoms with Crippen LogP contribution in [-0.4, -0.2) is 49.9 Å². The Hall–Kier alpha value is -1.54. The molecular formula is C14H18F2N2O3S. The van der Waals surface area contributed by atoms with Gasteiger partial charge in [-0.2, -0.15) is 0 Å². The molecule has 0 spiro atoms. The average molecular weight is 332 g/mol. The molecule has 1 amide bonds. The molecule has 1 N–H and O–H groups in total. The summed E-state index contributed by atoms with van der Waals surface area (Å²) in [6.45, 7) is 2.39. The number of hydrogen-bond acceptors (Lipinski definition) is 4. The Morgan fingerprint density at radius 3 is 2.64 bits per heavy atom. The van der Waals surface area contributed by atoms with Gasteiger partial charge in [-0.05, 0) is 25.1 Å². The molecule has 1 aliphatic heterocycles. The second kappa shape index (κ2) is 6.70. The van der Waals surface area contributed by atoms with Gasteiger partial charge in [-0.1, -0.05) is 6.92 Å². The second-order valence-corrected chi connectivity index (χ2v) is 7.53. The van der Waals surface area contributed by atoms with Crippen LogP contribution in [0, 0.1) is 11.6 Å². The van der Waals surface area contributed by atoms with Crippen molar-refractivity contribution in [2.75, 3.05) is 29.9 Å². The summed E-state index contributed by atoms with van der Waals surface area (Å²) in [5.74, 6) is -2.22. The molecule has 1 aromatic carbocycles. The number of carbonyl (C=O) groups excluding carboxylic acids is 1. The summed E-state index contributed by atoms with van der Waals surface area (Å²) in [6.07, 6.45) is 0.509. The van der Waals surface area contributed by atoms with Gasteiger partial charge in [0.05, 0.1) is 18.1 Å². The van der Waals surface area contributed by atoms with Gasteiger partial charge >= 0.3 is 0 Å². The van der Waals surface area contributed by atoms with E-state index in [9.17, 15) is 22.0 Å².